The first-order valence-corrected chi connectivity index (χ1v) is 10.6. The highest BCUT2D eigenvalue weighted by molar-refractivity contribution is 6.30. The molecule has 0 radical (unpaired) electrons. The average molecular weight is 478 g/mol. The van der Waals surface area contributed by atoms with Crippen LogP contribution in [0, 0.1) is 31.0 Å². The van der Waals surface area contributed by atoms with Crippen LogP contribution in [-0.2, 0) is 9.59 Å². The zero-order chi connectivity index (χ0) is 24.7. The van der Waals surface area contributed by atoms with E-state index in [1.165, 1.54) is 42.5 Å². The second-order valence-electron chi connectivity index (χ2n) is 7.47. The highest BCUT2D eigenvalue weighted by Gasteiger charge is 2.14. The molecule has 2 N–H and O–H groups in total. The van der Waals surface area contributed by atoms with E-state index in [1.807, 2.05) is 32.0 Å². The number of anilines is 2. The molecule has 0 saturated heterocycles. The Labute approximate surface area is 201 Å². The van der Waals surface area contributed by atoms with Gasteiger partial charge in [0.05, 0.1) is 0 Å². The van der Waals surface area contributed by atoms with Gasteiger partial charge in [-0.1, -0.05) is 29.3 Å². The standard InChI is InChI=1S/C26H21ClFN3O3/c1-16-3-9-23(17(2)11-16)31-26(33)19(14-29)12-18-13-20(27)4-10-24(18)34-15-25(32)30-22-7-5-21(28)6-8-22/h3-13H,15H2,1-2H3,(H,30,32)(H,31,33). The lowest BCUT2D eigenvalue weighted by molar-refractivity contribution is -0.118. The second-order valence-corrected chi connectivity index (χ2v) is 7.90. The molecule has 3 aromatic carbocycles. The van der Waals surface area contributed by atoms with Crippen LogP contribution < -0.4 is 15.4 Å². The number of ether oxygens (including phenoxy) is 1. The molecule has 6 nitrogen and oxygen atoms in total. The van der Waals surface area contributed by atoms with Crippen molar-refractivity contribution in [1.82, 2.24) is 0 Å². The number of amides is 2. The number of nitrogens with zero attached hydrogens (tertiary/aromatic N) is 1. The molecule has 0 unspecified atom stereocenters. The number of halogens is 2. The van der Waals surface area contributed by atoms with Gasteiger partial charge in [-0.15, -0.1) is 0 Å². The molecule has 0 aliphatic carbocycles. The molecule has 2 amide bonds. The highest BCUT2D eigenvalue weighted by Crippen LogP contribution is 2.26. The van der Waals surface area contributed by atoms with Gasteiger partial charge in [0.1, 0.15) is 23.2 Å². The second kappa shape index (κ2) is 11.1. The molecule has 0 atom stereocenters. The number of nitriles is 1. The molecule has 3 aromatic rings. The first-order valence-electron chi connectivity index (χ1n) is 10.2. The van der Waals surface area contributed by atoms with Gasteiger partial charge in [0.2, 0.25) is 0 Å². The Morgan fingerprint density at radius 3 is 2.47 bits per heavy atom. The molecule has 0 spiro atoms. The van der Waals surface area contributed by atoms with Crippen LogP contribution >= 0.6 is 11.6 Å². The predicted molar refractivity (Wildman–Crippen MR) is 130 cm³/mol. The molecule has 0 saturated carbocycles. The maximum absolute atomic E-state index is 13.0. The third-order valence-corrected chi connectivity index (χ3v) is 4.99. The van der Waals surface area contributed by atoms with Crippen molar-refractivity contribution in [3.63, 3.8) is 0 Å². The van der Waals surface area contributed by atoms with Crippen LogP contribution in [0.5, 0.6) is 5.75 Å². The van der Waals surface area contributed by atoms with Crippen molar-refractivity contribution in [3.8, 4) is 11.8 Å². The van der Waals surface area contributed by atoms with E-state index in [4.69, 9.17) is 16.3 Å². The van der Waals surface area contributed by atoms with Crippen molar-refractivity contribution in [1.29, 1.82) is 5.26 Å². The van der Waals surface area contributed by atoms with E-state index in [0.717, 1.165) is 11.1 Å². The molecule has 8 heteroatoms. The van der Waals surface area contributed by atoms with E-state index in [0.29, 0.717) is 22.0 Å². The fourth-order valence-corrected chi connectivity index (χ4v) is 3.27. The summed E-state index contributed by atoms with van der Waals surface area (Å²) in [5, 5.41) is 15.2. The Morgan fingerprint density at radius 2 is 1.79 bits per heavy atom. The maximum atomic E-state index is 13.0. The molecule has 0 heterocycles. The third kappa shape index (κ3) is 6.67. The fraction of sp³-hybridized carbons (Fsp3) is 0.115. The Bertz CT molecular complexity index is 1300. The van der Waals surface area contributed by atoms with Crippen molar-refractivity contribution in [2.45, 2.75) is 13.8 Å². The van der Waals surface area contributed by atoms with E-state index in [2.05, 4.69) is 10.6 Å². The number of carbonyl (C=O) groups is 2. The van der Waals surface area contributed by atoms with Crippen LogP contribution in [0.1, 0.15) is 16.7 Å². The average Bonchev–Trinajstić information content (AvgIpc) is 2.80. The minimum absolute atomic E-state index is 0.164. The highest BCUT2D eigenvalue weighted by atomic mass is 35.5. The van der Waals surface area contributed by atoms with E-state index in [9.17, 15) is 19.2 Å². The van der Waals surface area contributed by atoms with E-state index >= 15 is 0 Å². The zero-order valence-electron chi connectivity index (χ0n) is 18.5. The molecule has 34 heavy (non-hydrogen) atoms. The van der Waals surface area contributed by atoms with Crippen LogP contribution in [0.15, 0.2) is 66.2 Å². The van der Waals surface area contributed by atoms with Gasteiger partial charge in [-0.3, -0.25) is 9.59 Å². The molecule has 0 aromatic heterocycles. The summed E-state index contributed by atoms with van der Waals surface area (Å²) in [4.78, 5) is 24.9. The summed E-state index contributed by atoms with van der Waals surface area (Å²) in [6, 6.07) is 17.4. The first kappa shape index (κ1) is 24.5. The quantitative estimate of drug-likeness (QED) is 0.339. The van der Waals surface area contributed by atoms with E-state index in [1.54, 1.807) is 12.1 Å². The molecular formula is C26H21ClFN3O3. The van der Waals surface area contributed by atoms with Crippen LogP contribution in [-0.4, -0.2) is 18.4 Å². The summed E-state index contributed by atoms with van der Waals surface area (Å²) in [7, 11) is 0. The summed E-state index contributed by atoms with van der Waals surface area (Å²) in [6.07, 6.45) is 1.35. The van der Waals surface area contributed by atoms with Crippen molar-refractivity contribution < 1.29 is 18.7 Å². The Balaban J connectivity index is 1.75. The van der Waals surface area contributed by atoms with Crippen molar-refractivity contribution in [2.24, 2.45) is 0 Å². The van der Waals surface area contributed by atoms with Gasteiger partial charge in [0.15, 0.2) is 6.61 Å². The lowest BCUT2D eigenvalue weighted by Crippen LogP contribution is -2.20. The third-order valence-electron chi connectivity index (χ3n) is 4.75. The lowest BCUT2D eigenvalue weighted by Gasteiger charge is -2.11. The number of nitrogens with one attached hydrogen (secondary N) is 2. The van der Waals surface area contributed by atoms with Gasteiger partial charge in [0.25, 0.3) is 11.8 Å². The minimum atomic E-state index is -0.588. The summed E-state index contributed by atoms with van der Waals surface area (Å²) >= 11 is 6.09. The van der Waals surface area contributed by atoms with Crippen LogP contribution in [0.4, 0.5) is 15.8 Å². The predicted octanol–water partition coefficient (Wildman–Crippen LogP) is 5.66. The Hall–Kier alpha value is -4.15. The number of carbonyl (C=O) groups excluding carboxylic acids is 2. The van der Waals surface area contributed by atoms with Gasteiger partial charge in [-0.2, -0.15) is 5.26 Å². The van der Waals surface area contributed by atoms with E-state index in [-0.39, 0.29) is 17.9 Å². The largest absolute Gasteiger partial charge is 0.483 e. The number of aryl methyl sites for hydroxylation is 2. The molecule has 0 bridgehead atoms. The summed E-state index contributed by atoms with van der Waals surface area (Å²) in [6.45, 7) is 3.45. The first-order chi connectivity index (χ1) is 16.2. The maximum Gasteiger partial charge on any atom is 0.266 e. The molecule has 172 valence electrons. The minimum Gasteiger partial charge on any atom is -0.483 e. The summed E-state index contributed by atoms with van der Waals surface area (Å²) in [5.41, 5.74) is 3.12. The Kier molecular flexibility index (Phi) is 8.01. The fourth-order valence-electron chi connectivity index (χ4n) is 3.08. The zero-order valence-corrected chi connectivity index (χ0v) is 19.2. The normalized spacial score (nSPS) is 10.9. The van der Waals surface area contributed by atoms with Gasteiger partial charge in [0, 0.05) is 22.0 Å². The number of benzene rings is 3. The number of hydrogen-bond acceptors (Lipinski definition) is 4. The Morgan fingerprint density at radius 1 is 1.06 bits per heavy atom. The molecule has 0 aliphatic rings. The van der Waals surface area contributed by atoms with Crippen LogP contribution in [0.2, 0.25) is 5.02 Å². The van der Waals surface area contributed by atoms with Crippen molar-refractivity contribution >= 4 is 40.9 Å². The number of rotatable bonds is 7. The van der Waals surface area contributed by atoms with Crippen LogP contribution in [0.25, 0.3) is 6.08 Å². The molecular weight excluding hydrogens is 457 g/mol. The van der Waals surface area contributed by atoms with Crippen molar-refractivity contribution in [2.75, 3.05) is 17.2 Å². The molecule has 0 fully saturated rings. The lowest BCUT2D eigenvalue weighted by atomic mass is 10.1. The smallest absolute Gasteiger partial charge is 0.266 e. The van der Waals surface area contributed by atoms with Gasteiger partial charge >= 0.3 is 0 Å². The molecule has 3 rings (SSSR count). The van der Waals surface area contributed by atoms with Gasteiger partial charge in [-0.05, 0) is 74.0 Å². The summed E-state index contributed by atoms with van der Waals surface area (Å²) in [5.74, 6) is -1.22. The number of hydrogen-bond donors (Lipinski definition) is 2. The van der Waals surface area contributed by atoms with Crippen molar-refractivity contribution in [3.05, 3.63) is 93.8 Å². The van der Waals surface area contributed by atoms with E-state index < -0.39 is 17.6 Å². The van der Waals surface area contributed by atoms with Gasteiger partial charge in [-0.25, -0.2) is 4.39 Å². The summed E-state index contributed by atoms with van der Waals surface area (Å²) < 4.78 is 18.6. The molecule has 0 aliphatic heterocycles. The SMILES string of the molecule is Cc1ccc(NC(=O)C(C#N)=Cc2cc(Cl)ccc2OCC(=O)Nc2ccc(F)cc2)c(C)c1. The van der Waals surface area contributed by atoms with Crippen LogP contribution in [0.3, 0.4) is 0 Å². The van der Waals surface area contributed by atoms with Gasteiger partial charge < -0.3 is 15.4 Å². The topological polar surface area (TPSA) is 91.2 Å². The monoisotopic (exact) mass is 477 g/mol.